The Morgan fingerprint density at radius 3 is 2.13 bits per heavy atom. The number of aryl methyl sites for hydroxylation is 1. The van der Waals surface area contributed by atoms with E-state index in [1.807, 2.05) is 42.6 Å². The van der Waals surface area contributed by atoms with Crippen LogP contribution in [0.25, 0.3) is 6.08 Å². The van der Waals surface area contributed by atoms with Gasteiger partial charge in [-0.3, -0.25) is 24.5 Å². The lowest BCUT2D eigenvalue weighted by Gasteiger charge is -2.17. The number of nitro benzene ring substituents is 1. The summed E-state index contributed by atoms with van der Waals surface area (Å²) in [6.07, 6.45) is 1.44. The molecule has 0 saturated heterocycles. The molecule has 4 aromatic carbocycles. The van der Waals surface area contributed by atoms with Crippen LogP contribution in [0.15, 0.2) is 125 Å². The van der Waals surface area contributed by atoms with Gasteiger partial charge < -0.3 is 16.0 Å². The maximum Gasteiger partial charge on any atom is 0.272 e. The molecule has 0 radical (unpaired) electrons. The standard InChI is InChI=1S/C34H27N5O5S2/c1-22-21-45-34(35-22)38-33(42)30(24-8-4-2-5-9-24)46-28-18-14-26(15-19-28)36-32(41)29(37-31(40)25-10-6-3-7-11-25)20-23-12-16-27(17-13-23)39(43)44/h2-21,30H,1H3,(H,36,41)(H,37,40)(H,35,38,42)/b29-20-. The van der Waals surface area contributed by atoms with Crippen LogP contribution < -0.4 is 16.0 Å². The normalized spacial score (nSPS) is 11.7. The molecule has 5 rings (SSSR count). The zero-order valence-corrected chi connectivity index (χ0v) is 26.0. The molecule has 5 aromatic rings. The number of hydrogen-bond acceptors (Lipinski definition) is 8. The Morgan fingerprint density at radius 1 is 0.870 bits per heavy atom. The van der Waals surface area contributed by atoms with Gasteiger partial charge in [0.1, 0.15) is 10.9 Å². The van der Waals surface area contributed by atoms with Crippen molar-refractivity contribution in [1.82, 2.24) is 10.3 Å². The summed E-state index contributed by atoms with van der Waals surface area (Å²) >= 11 is 2.72. The summed E-state index contributed by atoms with van der Waals surface area (Å²) in [7, 11) is 0. The molecule has 1 unspecified atom stereocenters. The van der Waals surface area contributed by atoms with Gasteiger partial charge in [0.15, 0.2) is 5.13 Å². The fourth-order valence-corrected chi connectivity index (χ4v) is 5.95. The second-order valence-corrected chi connectivity index (χ2v) is 11.9. The number of carbonyl (C=O) groups is 3. The quantitative estimate of drug-likeness (QED) is 0.0592. The monoisotopic (exact) mass is 649 g/mol. The first-order valence-electron chi connectivity index (χ1n) is 13.9. The topological polar surface area (TPSA) is 143 Å². The van der Waals surface area contributed by atoms with Crippen LogP contribution in [-0.4, -0.2) is 27.6 Å². The smallest absolute Gasteiger partial charge is 0.272 e. The second kappa shape index (κ2) is 14.9. The summed E-state index contributed by atoms with van der Waals surface area (Å²) < 4.78 is 0. The highest BCUT2D eigenvalue weighted by atomic mass is 32.2. The molecule has 3 amide bonds. The van der Waals surface area contributed by atoms with E-state index in [1.165, 1.54) is 53.4 Å². The number of aromatic nitrogens is 1. The van der Waals surface area contributed by atoms with Gasteiger partial charge in [-0.1, -0.05) is 48.5 Å². The lowest BCUT2D eigenvalue weighted by atomic mass is 10.1. The number of thioether (sulfide) groups is 1. The highest BCUT2D eigenvalue weighted by molar-refractivity contribution is 8.00. The molecular formula is C34H27N5O5S2. The van der Waals surface area contributed by atoms with Gasteiger partial charge in [-0.25, -0.2) is 4.98 Å². The molecular weight excluding hydrogens is 623 g/mol. The van der Waals surface area contributed by atoms with E-state index in [9.17, 15) is 24.5 Å². The first kappa shape index (κ1) is 31.8. The first-order chi connectivity index (χ1) is 22.2. The molecule has 46 heavy (non-hydrogen) atoms. The average Bonchev–Trinajstić information content (AvgIpc) is 3.48. The molecule has 0 aliphatic heterocycles. The molecule has 1 heterocycles. The van der Waals surface area contributed by atoms with Crippen molar-refractivity contribution in [2.24, 2.45) is 0 Å². The minimum Gasteiger partial charge on any atom is -0.321 e. The van der Waals surface area contributed by atoms with Crippen molar-refractivity contribution >= 4 is 63.4 Å². The molecule has 230 valence electrons. The zero-order chi connectivity index (χ0) is 32.5. The number of nitrogens with zero attached hydrogens (tertiary/aromatic N) is 2. The Morgan fingerprint density at radius 2 is 1.52 bits per heavy atom. The lowest BCUT2D eigenvalue weighted by molar-refractivity contribution is -0.384. The lowest BCUT2D eigenvalue weighted by Crippen LogP contribution is -2.30. The fraction of sp³-hybridized carbons (Fsp3) is 0.0588. The van der Waals surface area contributed by atoms with E-state index in [0.717, 1.165) is 16.2 Å². The maximum atomic E-state index is 13.4. The largest absolute Gasteiger partial charge is 0.321 e. The van der Waals surface area contributed by atoms with Gasteiger partial charge in [-0.05, 0) is 72.7 Å². The summed E-state index contributed by atoms with van der Waals surface area (Å²) in [6, 6.07) is 30.4. The van der Waals surface area contributed by atoms with Gasteiger partial charge >= 0.3 is 0 Å². The van der Waals surface area contributed by atoms with E-state index in [-0.39, 0.29) is 17.3 Å². The Balaban J connectivity index is 1.33. The van der Waals surface area contributed by atoms with Gasteiger partial charge in [0.05, 0.1) is 10.6 Å². The van der Waals surface area contributed by atoms with Gasteiger partial charge in [-0.2, -0.15) is 0 Å². The maximum absolute atomic E-state index is 13.4. The third-order valence-corrected chi connectivity index (χ3v) is 8.64. The minimum absolute atomic E-state index is 0.0561. The van der Waals surface area contributed by atoms with E-state index < -0.39 is 22.0 Å². The minimum atomic E-state index is -0.594. The zero-order valence-electron chi connectivity index (χ0n) is 24.4. The van der Waals surface area contributed by atoms with E-state index >= 15 is 0 Å². The predicted octanol–water partition coefficient (Wildman–Crippen LogP) is 7.24. The van der Waals surface area contributed by atoms with E-state index in [2.05, 4.69) is 20.9 Å². The molecule has 10 nitrogen and oxygen atoms in total. The summed E-state index contributed by atoms with van der Waals surface area (Å²) in [5.74, 6) is -1.30. The Bertz CT molecular complexity index is 1880. The summed E-state index contributed by atoms with van der Waals surface area (Å²) in [4.78, 5) is 55.3. The molecule has 12 heteroatoms. The van der Waals surface area contributed by atoms with Crippen molar-refractivity contribution < 1.29 is 19.3 Å². The average molecular weight is 650 g/mol. The van der Waals surface area contributed by atoms with Crippen molar-refractivity contribution in [3.8, 4) is 0 Å². The number of carbonyl (C=O) groups excluding carboxylic acids is 3. The van der Waals surface area contributed by atoms with Gasteiger partial charge in [0, 0.05) is 33.7 Å². The van der Waals surface area contributed by atoms with E-state index in [1.54, 1.807) is 54.6 Å². The summed E-state index contributed by atoms with van der Waals surface area (Å²) in [5.41, 5.74) is 2.79. The predicted molar refractivity (Wildman–Crippen MR) is 181 cm³/mol. The number of anilines is 2. The SMILES string of the molecule is Cc1csc(NC(=O)C(Sc2ccc(NC(=O)/C(=C/c3ccc([N+](=O)[O-])cc3)NC(=O)c3ccccc3)cc2)c2ccccc2)n1. The molecule has 0 saturated carbocycles. The molecule has 0 aliphatic carbocycles. The molecule has 1 atom stereocenters. The number of thiazole rings is 1. The summed E-state index contributed by atoms with van der Waals surface area (Å²) in [5, 5.41) is 21.2. The second-order valence-electron chi connectivity index (χ2n) is 9.90. The highest BCUT2D eigenvalue weighted by Gasteiger charge is 2.23. The van der Waals surface area contributed by atoms with Crippen LogP contribution in [0.2, 0.25) is 0 Å². The van der Waals surface area contributed by atoms with Crippen molar-refractivity contribution in [3.63, 3.8) is 0 Å². The van der Waals surface area contributed by atoms with Gasteiger partial charge in [0.2, 0.25) is 5.91 Å². The van der Waals surface area contributed by atoms with Crippen molar-refractivity contribution in [2.45, 2.75) is 17.1 Å². The number of nitrogens with one attached hydrogen (secondary N) is 3. The molecule has 0 spiro atoms. The van der Waals surface area contributed by atoms with E-state index in [0.29, 0.717) is 21.9 Å². The van der Waals surface area contributed by atoms with Gasteiger partial charge in [-0.15, -0.1) is 23.1 Å². The number of non-ortho nitro benzene ring substituents is 1. The summed E-state index contributed by atoms with van der Waals surface area (Å²) in [6.45, 7) is 1.86. The van der Waals surface area contributed by atoms with Crippen LogP contribution in [0.1, 0.15) is 32.4 Å². The van der Waals surface area contributed by atoms with Crippen LogP contribution in [0, 0.1) is 17.0 Å². The Hall–Kier alpha value is -5.59. The third kappa shape index (κ3) is 8.52. The third-order valence-electron chi connectivity index (χ3n) is 6.50. The van der Waals surface area contributed by atoms with Crippen LogP contribution >= 0.6 is 23.1 Å². The van der Waals surface area contributed by atoms with Crippen molar-refractivity contribution in [2.75, 3.05) is 10.6 Å². The molecule has 0 fully saturated rings. The fourth-order valence-electron chi connectivity index (χ4n) is 4.24. The number of nitro groups is 1. The van der Waals surface area contributed by atoms with Crippen LogP contribution in [0.4, 0.5) is 16.5 Å². The van der Waals surface area contributed by atoms with Crippen LogP contribution in [-0.2, 0) is 9.59 Å². The Kier molecular flexibility index (Phi) is 10.3. The molecule has 0 aliphatic rings. The molecule has 1 aromatic heterocycles. The molecule has 0 bridgehead atoms. The number of benzene rings is 4. The number of amides is 3. The number of hydrogen-bond donors (Lipinski definition) is 3. The van der Waals surface area contributed by atoms with Crippen LogP contribution in [0.3, 0.4) is 0 Å². The first-order valence-corrected chi connectivity index (χ1v) is 15.7. The molecule has 3 N–H and O–H groups in total. The van der Waals surface area contributed by atoms with E-state index in [4.69, 9.17) is 0 Å². The highest BCUT2D eigenvalue weighted by Crippen LogP contribution is 2.37. The van der Waals surface area contributed by atoms with Crippen molar-refractivity contribution in [3.05, 3.63) is 153 Å². The Labute approximate surface area is 272 Å². The van der Waals surface area contributed by atoms with Crippen LogP contribution in [0.5, 0.6) is 0 Å². The van der Waals surface area contributed by atoms with Crippen molar-refractivity contribution in [1.29, 1.82) is 0 Å². The number of rotatable bonds is 11. The van der Waals surface area contributed by atoms with Gasteiger partial charge in [0.25, 0.3) is 17.5 Å².